The maximum atomic E-state index is 11.2. The van der Waals surface area contributed by atoms with Crippen LogP contribution in [-0.4, -0.2) is 26.0 Å². The molecule has 19 heavy (non-hydrogen) atoms. The van der Waals surface area contributed by atoms with Crippen LogP contribution in [0.3, 0.4) is 0 Å². The van der Waals surface area contributed by atoms with Gasteiger partial charge in [0.05, 0.1) is 10.6 Å². The minimum atomic E-state index is -0.0736. The minimum Gasteiger partial charge on any atom is -0.486 e. The molecule has 0 bridgehead atoms. The summed E-state index contributed by atoms with van der Waals surface area (Å²) in [5.41, 5.74) is 7.23. The summed E-state index contributed by atoms with van der Waals surface area (Å²) in [6.07, 6.45) is 3.92. The summed E-state index contributed by atoms with van der Waals surface area (Å²) in [5.74, 6) is 1.13. The van der Waals surface area contributed by atoms with Gasteiger partial charge in [0.1, 0.15) is 13.2 Å². The fraction of sp³-hybridized carbons (Fsp3) is 0.500. The van der Waals surface area contributed by atoms with Crippen molar-refractivity contribution in [1.82, 2.24) is 0 Å². The maximum Gasteiger partial charge on any atom is 0.173 e. The van der Waals surface area contributed by atoms with E-state index in [1.54, 1.807) is 0 Å². The highest BCUT2D eigenvalue weighted by atomic mass is 35.5. The summed E-state index contributed by atoms with van der Waals surface area (Å²) in [5, 5.41) is 0.411. The van der Waals surface area contributed by atoms with Gasteiger partial charge in [-0.1, -0.05) is 18.0 Å². The zero-order chi connectivity index (χ0) is 13.5. The molecule has 1 saturated carbocycles. The Bertz CT molecular complexity index is 520. The first-order valence-corrected chi connectivity index (χ1v) is 6.87. The molecule has 1 aliphatic heterocycles. The van der Waals surface area contributed by atoms with Crippen LogP contribution in [0.5, 0.6) is 11.5 Å². The van der Waals surface area contributed by atoms with E-state index in [1.807, 2.05) is 6.07 Å². The number of hydrogen-bond donors (Lipinski definition) is 1. The Kier molecular flexibility index (Phi) is 3.15. The predicted molar refractivity (Wildman–Crippen MR) is 72.4 cm³/mol. The van der Waals surface area contributed by atoms with E-state index in [2.05, 4.69) is 0 Å². The number of hydrogen-bond acceptors (Lipinski definition) is 4. The van der Waals surface area contributed by atoms with Crippen molar-refractivity contribution >= 4 is 17.9 Å². The lowest BCUT2D eigenvalue weighted by Gasteiger charge is -2.43. The summed E-state index contributed by atoms with van der Waals surface area (Å²) in [6, 6.07) is 1.82. The Labute approximate surface area is 116 Å². The van der Waals surface area contributed by atoms with E-state index in [-0.39, 0.29) is 5.41 Å². The molecular weight excluding hydrogens is 266 g/mol. The third-order valence-corrected chi connectivity index (χ3v) is 4.50. The second-order valence-electron chi connectivity index (χ2n) is 5.13. The van der Waals surface area contributed by atoms with Crippen molar-refractivity contribution in [1.29, 1.82) is 0 Å². The van der Waals surface area contributed by atoms with Gasteiger partial charge in [0, 0.05) is 17.5 Å². The van der Waals surface area contributed by atoms with Crippen LogP contribution in [0.2, 0.25) is 5.02 Å². The third-order valence-electron chi connectivity index (χ3n) is 4.19. The third kappa shape index (κ3) is 1.82. The SMILES string of the molecule is NCC1(c2cc(Cl)c(C=O)c3c2OCCO3)CCC1. The predicted octanol–water partition coefficient (Wildman–Crippen LogP) is 2.30. The normalized spacial score (nSPS) is 19.7. The van der Waals surface area contributed by atoms with Gasteiger partial charge in [0.15, 0.2) is 17.8 Å². The van der Waals surface area contributed by atoms with Crippen molar-refractivity contribution in [2.24, 2.45) is 5.73 Å². The zero-order valence-electron chi connectivity index (χ0n) is 10.6. The monoisotopic (exact) mass is 281 g/mol. The summed E-state index contributed by atoms with van der Waals surface area (Å²) < 4.78 is 11.3. The number of rotatable bonds is 3. The first-order valence-electron chi connectivity index (χ1n) is 6.50. The van der Waals surface area contributed by atoms with E-state index in [4.69, 9.17) is 26.8 Å². The van der Waals surface area contributed by atoms with Crippen LogP contribution in [0.4, 0.5) is 0 Å². The van der Waals surface area contributed by atoms with Gasteiger partial charge in [0.2, 0.25) is 0 Å². The molecule has 4 nitrogen and oxygen atoms in total. The molecule has 1 aliphatic carbocycles. The Balaban J connectivity index is 2.20. The highest BCUT2D eigenvalue weighted by Crippen LogP contribution is 2.51. The van der Waals surface area contributed by atoms with Crippen LogP contribution in [0, 0.1) is 0 Å². The van der Waals surface area contributed by atoms with Crippen molar-refractivity contribution in [3.63, 3.8) is 0 Å². The second kappa shape index (κ2) is 4.69. The number of carbonyl (C=O) groups excluding carboxylic acids is 1. The molecule has 0 unspecified atom stereocenters. The van der Waals surface area contributed by atoms with Gasteiger partial charge in [0.25, 0.3) is 0 Å². The van der Waals surface area contributed by atoms with E-state index in [0.29, 0.717) is 41.8 Å². The van der Waals surface area contributed by atoms with E-state index in [1.165, 1.54) is 0 Å². The number of halogens is 1. The molecule has 1 fully saturated rings. The van der Waals surface area contributed by atoms with Crippen molar-refractivity contribution in [3.8, 4) is 11.5 Å². The van der Waals surface area contributed by atoms with E-state index in [0.717, 1.165) is 31.1 Å². The quantitative estimate of drug-likeness (QED) is 0.864. The van der Waals surface area contributed by atoms with Gasteiger partial charge in [-0.25, -0.2) is 0 Å². The molecule has 102 valence electrons. The lowest BCUT2D eigenvalue weighted by molar-refractivity contribution is 0.111. The largest absolute Gasteiger partial charge is 0.486 e. The molecule has 1 aromatic rings. The molecule has 5 heteroatoms. The Morgan fingerprint density at radius 1 is 1.32 bits per heavy atom. The van der Waals surface area contributed by atoms with Crippen LogP contribution >= 0.6 is 11.6 Å². The average Bonchev–Trinajstić information content (AvgIpc) is 2.38. The lowest BCUT2D eigenvalue weighted by atomic mass is 9.64. The topological polar surface area (TPSA) is 61.6 Å². The van der Waals surface area contributed by atoms with Crippen molar-refractivity contribution < 1.29 is 14.3 Å². The molecule has 0 atom stereocenters. The van der Waals surface area contributed by atoms with E-state index >= 15 is 0 Å². The van der Waals surface area contributed by atoms with Gasteiger partial charge in [-0.3, -0.25) is 4.79 Å². The summed E-state index contributed by atoms with van der Waals surface area (Å²) >= 11 is 6.20. The molecule has 3 rings (SSSR count). The van der Waals surface area contributed by atoms with Gasteiger partial charge in [-0.2, -0.15) is 0 Å². The highest BCUT2D eigenvalue weighted by molar-refractivity contribution is 6.33. The number of nitrogens with two attached hydrogens (primary N) is 1. The molecule has 1 heterocycles. The summed E-state index contributed by atoms with van der Waals surface area (Å²) in [7, 11) is 0. The molecule has 0 spiro atoms. The van der Waals surface area contributed by atoms with Crippen molar-refractivity contribution in [2.45, 2.75) is 24.7 Å². The first-order chi connectivity index (χ1) is 9.22. The minimum absolute atomic E-state index is 0.0736. The van der Waals surface area contributed by atoms with Gasteiger partial charge in [-0.05, 0) is 18.9 Å². The second-order valence-corrected chi connectivity index (χ2v) is 5.54. The fourth-order valence-corrected chi connectivity index (χ4v) is 3.13. The van der Waals surface area contributed by atoms with Crippen LogP contribution in [0.1, 0.15) is 35.2 Å². The standard InChI is InChI=1S/C14H16ClNO3/c15-11-6-10(14(8-16)2-1-3-14)13-12(9(11)7-17)18-4-5-19-13/h6-7H,1-5,8,16H2. The number of benzene rings is 1. The molecule has 0 amide bonds. The van der Waals surface area contributed by atoms with Crippen LogP contribution < -0.4 is 15.2 Å². The van der Waals surface area contributed by atoms with Gasteiger partial charge >= 0.3 is 0 Å². The molecule has 2 N–H and O–H groups in total. The molecule has 0 aromatic heterocycles. The Hall–Kier alpha value is -1.26. The maximum absolute atomic E-state index is 11.2. The Morgan fingerprint density at radius 3 is 2.53 bits per heavy atom. The van der Waals surface area contributed by atoms with Crippen molar-refractivity contribution in [3.05, 3.63) is 22.2 Å². The zero-order valence-corrected chi connectivity index (χ0v) is 11.3. The van der Waals surface area contributed by atoms with Crippen molar-refractivity contribution in [2.75, 3.05) is 19.8 Å². The summed E-state index contributed by atoms with van der Waals surface area (Å²) in [6.45, 7) is 1.48. The fourth-order valence-electron chi connectivity index (χ4n) is 2.89. The highest BCUT2D eigenvalue weighted by Gasteiger charge is 2.42. The lowest BCUT2D eigenvalue weighted by Crippen LogP contribution is -2.42. The summed E-state index contributed by atoms with van der Waals surface area (Å²) in [4.78, 5) is 11.2. The molecule has 2 aliphatic rings. The first kappa shape index (κ1) is 12.8. The van der Waals surface area contributed by atoms with Crippen LogP contribution in [0.15, 0.2) is 6.07 Å². The average molecular weight is 282 g/mol. The molecule has 0 radical (unpaired) electrons. The number of carbonyl (C=O) groups is 1. The number of aldehydes is 1. The van der Waals surface area contributed by atoms with Gasteiger partial charge in [-0.15, -0.1) is 0 Å². The molecular formula is C14H16ClNO3. The van der Waals surface area contributed by atoms with E-state index < -0.39 is 0 Å². The molecule has 1 aromatic carbocycles. The van der Waals surface area contributed by atoms with Crippen LogP contribution in [-0.2, 0) is 5.41 Å². The number of ether oxygens (including phenoxy) is 2. The van der Waals surface area contributed by atoms with Gasteiger partial charge < -0.3 is 15.2 Å². The number of fused-ring (bicyclic) bond motifs is 1. The smallest absolute Gasteiger partial charge is 0.173 e. The Morgan fingerprint density at radius 2 is 2.00 bits per heavy atom. The van der Waals surface area contributed by atoms with E-state index in [9.17, 15) is 4.79 Å². The van der Waals surface area contributed by atoms with Crippen LogP contribution in [0.25, 0.3) is 0 Å². The molecule has 0 saturated heterocycles.